The predicted octanol–water partition coefficient (Wildman–Crippen LogP) is 3.04. The second-order valence-electron chi connectivity index (χ2n) is 4.46. The zero-order chi connectivity index (χ0) is 12.1. The third-order valence-electron chi connectivity index (χ3n) is 2.99. The summed E-state index contributed by atoms with van der Waals surface area (Å²) in [5.74, 6) is 0.543. The Morgan fingerprint density at radius 3 is 2.69 bits per heavy atom. The van der Waals surface area contributed by atoms with Crippen molar-refractivity contribution >= 4 is 11.6 Å². The predicted molar refractivity (Wildman–Crippen MR) is 69.0 cm³/mol. The van der Waals surface area contributed by atoms with Gasteiger partial charge in [-0.05, 0) is 39.3 Å². The average molecular weight is 244 g/mol. The SMILES string of the molecule is CCCNCC(C)C(C)n1cc(Cl)c(C)n1. The van der Waals surface area contributed by atoms with Crippen LogP contribution in [-0.4, -0.2) is 22.9 Å². The highest BCUT2D eigenvalue weighted by Crippen LogP contribution is 2.20. The minimum absolute atomic E-state index is 0.371. The Morgan fingerprint density at radius 1 is 1.50 bits per heavy atom. The maximum absolute atomic E-state index is 6.01. The fourth-order valence-corrected chi connectivity index (χ4v) is 1.74. The van der Waals surface area contributed by atoms with Gasteiger partial charge >= 0.3 is 0 Å². The van der Waals surface area contributed by atoms with Crippen LogP contribution in [0.5, 0.6) is 0 Å². The van der Waals surface area contributed by atoms with E-state index in [0.29, 0.717) is 12.0 Å². The van der Waals surface area contributed by atoms with E-state index in [0.717, 1.165) is 23.8 Å². The Bertz CT molecular complexity index is 303. The number of nitrogens with one attached hydrogen (secondary N) is 1. The smallest absolute Gasteiger partial charge is 0.0815 e. The largest absolute Gasteiger partial charge is 0.316 e. The minimum Gasteiger partial charge on any atom is -0.316 e. The van der Waals surface area contributed by atoms with Crippen LogP contribution in [0.25, 0.3) is 0 Å². The number of hydrogen-bond donors (Lipinski definition) is 1. The molecule has 0 saturated heterocycles. The number of hydrogen-bond acceptors (Lipinski definition) is 2. The van der Waals surface area contributed by atoms with Gasteiger partial charge in [-0.15, -0.1) is 0 Å². The van der Waals surface area contributed by atoms with Crippen LogP contribution in [0.15, 0.2) is 6.20 Å². The molecule has 0 aliphatic heterocycles. The van der Waals surface area contributed by atoms with Gasteiger partial charge in [0.05, 0.1) is 16.8 Å². The molecule has 0 aliphatic carbocycles. The molecule has 0 radical (unpaired) electrons. The van der Waals surface area contributed by atoms with E-state index >= 15 is 0 Å². The molecular formula is C12H22ClN3. The van der Waals surface area contributed by atoms with Gasteiger partial charge in [0, 0.05) is 6.20 Å². The van der Waals surface area contributed by atoms with E-state index in [9.17, 15) is 0 Å². The molecule has 2 unspecified atom stereocenters. The first kappa shape index (κ1) is 13.5. The molecule has 3 nitrogen and oxygen atoms in total. The minimum atomic E-state index is 0.371. The van der Waals surface area contributed by atoms with Gasteiger partial charge in [0.1, 0.15) is 0 Å². The van der Waals surface area contributed by atoms with Crippen LogP contribution in [0.1, 0.15) is 38.9 Å². The van der Waals surface area contributed by atoms with Gasteiger partial charge < -0.3 is 5.32 Å². The van der Waals surface area contributed by atoms with Gasteiger partial charge in [-0.1, -0.05) is 25.4 Å². The number of nitrogens with zero attached hydrogens (tertiary/aromatic N) is 2. The third kappa shape index (κ3) is 3.49. The van der Waals surface area contributed by atoms with Crippen molar-refractivity contribution in [3.63, 3.8) is 0 Å². The maximum Gasteiger partial charge on any atom is 0.0815 e. The van der Waals surface area contributed by atoms with E-state index in [2.05, 4.69) is 31.2 Å². The van der Waals surface area contributed by atoms with Crippen LogP contribution in [0.4, 0.5) is 0 Å². The topological polar surface area (TPSA) is 29.9 Å². The van der Waals surface area contributed by atoms with Crippen molar-refractivity contribution in [1.29, 1.82) is 0 Å². The van der Waals surface area contributed by atoms with E-state index in [4.69, 9.17) is 11.6 Å². The molecule has 0 bridgehead atoms. The van der Waals surface area contributed by atoms with Crippen LogP contribution in [-0.2, 0) is 0 Å². The zero-order valence-electron chi connectivity index (χ0n) is 10.6. The van der Waals surface area contributed by atoms with Crippen molar-refractivity contribution in [3.8, 4) is 0 Å². The molecule has 1 rings (SSSR count). The summed E-state index contributed by atoms with van der Waals surface area (Å²) in [4.78, 5) is 0. The van der Waals surface area contributed by atoms with E-state index in [-0.39, 0.29) is 0 Å². The van der Waals surface area contributed by atoms with Crippen molar-refractivity contribution in [1.82, 2.24) is 15.1 Å². The van der Waals surface area contributed by atoms with Gasteiger partial charge in [-0.2, -0.15) is 5.10 Å². The lowest BCUT2D eigenvalue weighted by atomic mass is 10.0. The second kappa shape index (κ2) is 6.26. The summed E-state index contributed by atoms with van der Waals surface area (Å²) in [7, 11) is 0. The summed E-state index contributed by atoms with van der Waals surface area (Å²) in [6, 6.07) is 0.371. The molecule has 0 spiro atoms. The molecule has 92 valence electrons. The molecule has 0 saturated carbocycles. The quantitative estimate of drug-likeness (QED) is 0.779. The van der Waals surface area contributed by atoms with E-state index in [1.54, 1.807) is 0 Å². The van der Waals surface area contributed by atoms with Gasteiger partial charge in [0.15, 0.2) is 0 Å². The normalized spacial score (nSPS) is 15.1. The van der Waals surface area contributed by atoms with Gasteiger partial charge in [0.25, 0.3) is 0 Å². The highest BCUT2D eigenvalue weighted by molar-refractivity contribution is 6.31. The summed E-state index contributed by atoms with van der Waals surface area (Å²) in [5.41, 5.74) is 0.905. The van der Waals surface area contributed by atoms with Crippen LogP contribution >= 0.6 is 11.6 Å². The molecule has 0 fully saturated rings. The fraction of sp³-hybridized carbons (Fsp3) is 0.750. The van der Waals surface area contributed by atoms with Crippen LogP contribution < -0.4 is 5.32 Å². The first-order valence-electron chi connectivity index (χ1n) is 5.98. The Morgan fingerprint density at radius 2 is 2.19 bits per heavy atom. The van der Waals surface area contributed by atoms with Gasteiger partial charge in [-0.3, -0.25) is 4.68 Å². The van der Waals surface area contributed by atoms with Crippen molar-refractivity contribution in [2.75, 3.05) is 13.1 Å². The second-order valence-corrected chi connectivity index (χ2v) is 4.87. The summed E-state index contributed by atoms with van der Waals surface area (Å²) in [6.45, 7) is 10.6. The molecule has 16 heavy (non-hydrogen) atoms. The van der Waals surface area contributed by atoms with E-state index < -0.39 is 0 Å². The standard InChI is InChI=1S/C12H22ClN3/c1-5-6-14-7-9(2)11(4)16-8-12(13)10(3)15-16/h8-9,11,14H,5-7H2,1-4H3. The van der Waals surface area contributed by atoms with Crippen molar-refractivity contribution in [2.45, 2.75) is 40.2 Å². The van der Waals surface area contributed by atoms with Crippen LogP contribution in [0.3, 0.4) is 0 Å². The van der Waals surface area contributed by atoms with Crippen LogP contribution in [0, 0.1) is 12.8 Å². The molecule has 0 amide bonds. The van der Waals surface area contributed by atoms with Crippen molar-refractivity contribution < 1.29 is 0 Å². The van der Waals surface area contributed by atoms with Crippen LogP contribution in [0.2, 0.25) is 5.02 Å². The van der Waals surface area contributed by atoms with Gasteiger partial charge in [0.2, 0.25) is 0 Å². The molecule has 0 aromatic carbocycles. The molecular weight excluding hydrogens is 222 g/mol. The number of aryl methyl sites for hydroxylation is 1. The number of rotatable bonds is 6. The molecule has 2 atom stereocenters. The first-order chi connectivity index (χ1) is 7.56. The maximum atomic E-state index is 6.01. The lowest BCUT2D eigenvalue weighted by molar-refractivity contribution is 0.336. The summed E-state index contributed by atoms with van der Waals surface area (Å²) in [6.07, 6.45) is 3.09. The van der Waals surface area contributed by atoms with Crippen molar-refractivity contribution in [2.24, 2.45) is 5.92 Å². The number of halogens is 1. The summed E-state index contributed by atoms with van der Waals surface area (Å²) >= 11 is 6.01. The average Bonchev–Trinajstić information content (AvgIpc) is 2.58. The lowest BCUT2D eigenvalue weighted by Gasteiger charge is -2.20. The summed E-state index contributed by atoms with van der Waals surface area (Å²) < 4.78 is 1.97. The zero-order valence-corrected chi connectivity index (χ0v) is 11.4. The molecule has 1 aromatic heterocycles. The highest BCUT2D eigenvalue weighted by Gasteiger charge is 2.15. The Balaban J connectivity index is 2.52. The monoisotopic (exact) mass is 243 g/mol. The molecule has 1 N–H and O–H groups in total. The van der Waals surface area contributed by atoms with E-state index in [1.165, 1.54) is 6.42 Å². The van der Waals surface area contributed by atoms with E-state index in [1.807, 2.05) is 17.8 Å². The Labute approximate surface area is 103 Å². The highest BCUT2D eigenvalue weighted by atomic mass is 35.5. The first-order valence-corrected chi connectivity index (χ1v) is 6.36. The molecule has 1 heterocycles. The fourth-order valence-electron chi connectivity index (χ4n) is 1.61. The Kier molecular flexibility index (Phi) is 5.29. The Hall–Kier alpha value is -0.540. The molecule has 4 heteroatoms. The van der Waals surface area contributed by atoms with Crippen molar-refractivity contribution in [3.05, 3.63) is 16.9 Å². The lowest BCUT2D eigenvalue weighted by Crippen LogP contribution is -2.27. The molecule has 0 aliphatic rings. The summed E-state index contributed by atoms with van der Waals surface area (Å²) in [5, 5.41) is 8.60. The third-order valence-corrected chi connectivity index (χ3v) is 3.36. The molecule has 1 aromatic rings. The number of aromatic nitrogens is 2. The van der Waals surface area contributed by atoms with Gasteiger partial charge in [-0.25, -0.2) is 0 Å².